The molecular formula is C13H14FNS. The highest BCUT2D eigenvalue weighted by atomic mass is 32.1. The third kappa shape index (κ3) is 2.15. The van der Waals surface area contributed by atoms with Crippen molar-refractivity contribution in [1.82, 2.24) is 5.32 Å². The van der Waals surface area contributed by atoms with Crippen LogP contribution in [0.5, 0.6) is 0 Å². The van der Waals surface area contributed by atoms with Gasteiger partial charge in [-0.2, -0.15) is 0 Å². The lowest BCUT2D eigenvalue weighted by Gasteiger charge is -2.06. The molecule has 0 bridgehead atoms. The monoisotopic (exact) mass is 235 g/mol. The maximum absolute atomic E-state index is 13.6. The summed E-state index contributed by atoms with van der Waals surface area (Å²) in [6.45, 7) is 2.09. The van der Waals surface area contributed by atoms with Gasteiger partial charge in [-0.25, -0.2) is 4.39 Å². The van der Waals surface area contributed by atoms with Gasteiger partial charge < -0.3 is 5.32 Å². The zero-order chi connectivity index (χ0) is 11.5. The van der Waals surface area contributed by atoms with Gasteiger partial charge in [0, 0.05) is 21.4 Å². The molecule has 84 valence electrons. The molecule has 3 heteroatoms. The van der Waals surface area contributed by atoms with Crippen molar-refractivity contribution in [3.8, 4) is 10.4 Å². The number of benzene rings is 1. The van der Waals surface area contributed by atoms with Crippen LogP contribution in [0.15, 0.2) is 36.4 Å². The summed E-state index contributed by atoms with van der Waals surface area (Å²) < 4.78 is 13.6. The first kappa shape index (κ1) is 11.3. The molecule has 0 amide bonds. The van der Waals surface area contributed by atoms with Crippen molar-refractivity contribution in [3.05, 3.63) is 47.1 Å². The second kappa shape index (κ2) is 4.76. The lowest BCUT2D eigenvalue weighted by atomic mass is 10.2. The average molecular weight is 235 g/mol. The minimum absolute atomic E-state index is 0.159. The summed E-state index contributed by atoms with van der Waals surface area (Å²) in [7, 11) is 1.92. The summed E-state index contributed by atoms with van der Waals surface area (Å²) in [5, 5.41) is 3.18. The van der Waals surface area contributed by atoms with Gasteiger partial charge in [-0.3, -0.25) is 0 Å². The summed E-state index contributed by atoms with van der Waals surface area (Å²) in [4.78, 5) is 2.20. The Morgan fingerprint density at radius 3 is 2.62 bits per heavy atom. The van der Waals surface area contributed by atoms with Gasteiger partial charge in [-0.1, -0.05) is 18.2 Å². The lowest BCUT2D eigenvalue weighted by Crippen LogP contribution is -2.10. The Bertz CT molecular complexity index is 478. The fourth-order valence-corrected chi connectivity index (χ4v) is 2.63. The van der Waals surface area contributed by atoms with E-state index in [1.54, 1.807) is 17.4 Å². The zero-order valence-electron chi connectivity index (χ0n) is 9.33. The average Bonchev–Trinajstić information content (AvgIpc) is 2.78. The van der Waals surface area contributed by atoms with Gasteiger partial charge in [0.1, 0.15) is 5.82 Å². The molecule has 0 spiro atoms. The molecule has 0 aliphatic rings. The van der Waals surface area contributed by atoms with Crippen molar-refractivity contribution in [2.24, 2.45) is 0 Å². The van der Waals surface area contributed by atoms with Crippen molar-refractivity contribution >= 4 is 11.3 Å². The van der Waals surface area contributed by atoms with Crippen molar-refractivity contribution in [1.29, 1.82) is 0 Å². The van der Waals surface area contributed by atoms with Crippen molar-refractivity contribution < 1.29 is 4.39 Å². The number of halogens is 1. The quantitative estimate of drug-likeness (QED) is 0.852. The van der Waals surface area contributed by atoms with Crippen LogP contribution in [0.2, 0.25) is 0 Å². The van der Waals surface area contributed by atoms with E-state index >= 15 is 0 Å². The van der Waals surface area contributed by atoms with Crippen LogP contribution < -0.4 is 5.32 Å². The molecule has 0 aliphatic heterocycles. The van der Waals surface area contributed by atoms with Gasteiger partial charge in [0.25, 0.3) is 0 Å². The van der Waals surface area contributed by atoms with Gasteiger partial charge in [0.2, 0.25) is 0 Å². The molecule has 0 radical (unpaired) electrons. The predicted molar refractivity (Wildman–Crippen MR) is 67.2 cm³/mol. The second-order valence-corrected chi connectivity index (χ2v) is 4.81. The molecule has 0 aliphatic carbocycles. The molecule has 0 fully saturated rings. The number of nitrogens with one attached hydrogen (secondary N) is 1. The molecule has 1 N–H and O–H groups in total. The Morgan fingerprint density at radius 2 is 1.94 bits per heavy atom. The Labute approximate surface area is 98.9 Å². The summed E-state index contributed by atoms with van der Waals surface area (Å²) in [6.07, 6.45) is 0. The van der Waals surface area contributed by atoms with E-state index in [1.165, 1.54) is 10.9 Å². The Kier molecular flexibility index (Phi) is 3.36. The smallest absolute Gasteiger partial charge is 0.131 e. The minimum Gasteiger partial charge on any atom is -0.313 e. The summed E-state index contributed by atoms with van der Waals surface area (Å²) in [5.74, 6) is -0.159. The Balaban J connectivity index is 2.35. The van der Waals surface area contributed by atoms with Gasteiger partial charge in [-0.15, -0.1) is 11.3 Å². The highest BCUT2D eigenvalue weighted by Crippen LogP contribution is 2.32. The van der Waals surface area contributed by atoms with Crippen molar-refractivity contribution in [2.75, 3.05) is 7.05 Å². The van der Waals surface area contributed by atoms with Crippen LogP contribution in [0.4, 0.5) is 4.39 Å². The van der Waals surface area contributed by atoms with Gasteiger partial charge in [0.15, 0.2) is 0 Å². The fourth-order valence-electron chi connectivity index (χ4n) is 1.53. The first-order valence-electron chi connectivity index (χ1n) is 5.24. The van der Waals surface area contributed by atoms with Crippen LogP contribution >= 0.6 is 11.3 Å². The summed E-state index contributed by atoms with van der Waals surface area (Å²) in [5.41, 5.74) is 0.682. The normalized spacial score (nSPS) is 12.7. The van der Waals surface area contributed by atoms with Gasteiger partial charge >= 0.3 is 0 Å². The van der Waals surface area contributed by atoms with Crippen molar-refractivity contribution in [2.45, 2.75) is 13.0 Å². The Hall–Kier alpha value is -1.19. The number of hydrogen-bond donors (Lipinski definition) is 1. The molecule has 1 atom stereocenters. The third-order valence-corrected chi connectivity index (χ3v) is 3.93. The Morgan fingerprint density at radius 1 is 1.19 bits per heavy atom. The topological polar surface area (TPSA) is 12.0 Å². The number of thiophene rings is 1. The largest absolute Gasteiger partial charge is 0.313 e. The first-order valence-corrected chi connectivity index (χ1v) is 6.06. The van der Waals surface area contributed by atoms with E-state index in [0.717, 1.165) is 4.88 Å². The lowest BCUT2D eigenvalue weighted by molar-refractivity contribution is 0.631. The summed E-state index contributed by atoms with van der Waals surface area (Å²) >= 11 is 1.63. The van der Waals surface area contributed by atoms with Crippen LogP contribution in [0.25, 0.3) is 10.4 Å². The minimum atomic E-state index is -0.159. The molecule has 2 aromatic rings. The number of rotatable bonds is 3. The van der Waals surface area contributed by atoms with Crippen LogP contribution in [0.1, 0.15) is 17.8 Å². The standard InChI is InChI=1S/C13H14FNS/c1-9(15-2)12-7-8-13(16-12)10-5-3-4-6-11(10)14/h3-9,15H,1-2H3. The SMILES string of the molecule is CNC(C)c1ccc(-c2ccccc2F)s1. The van der Waals surface area contributed by atoms with E-state index in [2.05, 4.69) is 12.2 Å². The molecule has 1 heterocycles. The fraction of sp³-hybridized carbons (Fsp3) is 0.231. The highest BCUT2D eigenvalue weighted by molar-refractivity contribution is 7.15. The molecular weight excluding hydrogens is 221 g/mol. The maximum atomic E-state index is 13.6. The van der Waals surface area contributed by atoms with Crippen molar-refractivity contribution in [3.63, 3.8) is 0 Å². The molecule has 1 aromatic heterocycles. The maximum Gasteiger partial charge on any atom is 0.131 e. The molecule has 2 rings (SSSR count). The van der Waals surface area contributed by atoms with E-state index in [0.29, 0.717) is 11.6 Å². The molecule has 1 nitrogen and oxygen atoms in total. The predicted octanol–water partition coefficient (Wildman–Crippen LogP) is 3.83. The van der Waals surface area contributed by atoms with Crippen LogP contribution in [0.3, 0.4) is 0 Å². The first-order chi connectivity index (χ1) is 7.72. The molecule has 0 saturated carbocycles. The van der Waals surface area contributed by atoms with E-state index in [-0.39, 0.29) is 5.82 Å². The van der Waals surface area contributed by atoms with Crippen LogP contribution in [-0.2, 0) is 0 Å². The van der Waals surface area contributed by atoms with E-state index in [4.69, 9.17) is 0 Å². The molecule has 16 heavy (non-hydrogen) atoms. The summed E-state index contributed by atoms with van der Waals surface area (Å²) in [6, 6.07) is 11.2. The van der Waals surface area contributed by atoms with Gasteiger partial charge in [0.05, 0.1) is 0 Å². The second-order valence-electron chi connectivity index (χ2n) is 3.69. The third-order valence-electron chi connectivity index (χ3n) is 2.63. The van der Waals surface area contributed by atoms with Gasteiger partial charge in [-0.05, 0) is 32.2 Å². The van der Waals surface area contributed by atoms with E-state index < -0.39 is 0 Å². The number of hydrogen-bond acceptors (Lipinski definition) is 2. The van der Waals surface area contributed by atoms with E-state index in [1.807, 2.05) is 31.3 Å². The zero-order valence-corrected chi connectivity index (χ0v) is 10.1. The van der Waals surface area contributed by atoms with Crippen LogP contribution in [0, 0.1) is 5.82 Å². The molecule has 1 aromatic carbocycles. The molecule has 0 saturated heterocycles. The molecule has 1 unspecified atom stereocenters. The van der Waals surface area contributed by atoms with E-state index in [9.17, 15) is 4.39 Å². The highest BCUT2D eigenvalue weighted by Gasteiger charge is 2.10. The van der Waals surface area contributed by atoms with Crippen LogP contribution in [-0.4, -0.2) is 7.05 Å².